The molecular formula is C13H20N4O3. The first-order valence-electron chi connectivity index (χ1n) is 6.84. The third-order valence-electron chi connectivity index (χ3n) is 3.31. The first-order chi connectivity index (χ1) is 9.66. The minimum atomic E-state index is -0.440. The van der Waals surface area contributed by atoms with E-state index in [4.69, 9.17) is 4.74 Å². The Kier molecular flexibility index (Phi) is 5.25. The first kappa shape index (κ1) is 14.7. The number of aromatic nitrogens is 1. The zero-order valence-electron chi connectivity index (χ0n) is 11.6. The SMILES string of the molecule is Cc1cc([N+](=O)[O-])cnc1NCCOC1CCNCC1. The number of ether oxygens (including phenoxy) is 1. The van der Waals surface area contributed by atoms with Gasteiger partial charge >= 0.3 is 0 Å². The summed E-state index contributed by atoms with van der Waals surface area (Å²) in [6.07, 6.45) is 3.70. The minimum absolute atomic E-state index is 0.0130. The van der Waals surface area contributed by atoms with E-state index in [1.807, 2.05) is 0 Å². The summed E-state index contributed by atoms with van der Waals surface area (Å²) in [4.78, 5) is 14.2. The van der Waals surface area contributed by atoms with Gasteiger partial charge in [-0.3, -0.25) is 10.1 Å². The first-order valence-corrected chi connectivity index (χ1v) is 6.84. The molecule has 0 saturated carbocycles. The van der Waals surface area contributed by atoms with Crippen LogP contribution in [0.2, 0.25) is 0 Å². The van der Waals surface area contributed by atoms with Gasteiger partial charge in [0.05, 0.1) is 17.6 Å². The number of hydrogen-bond acceptors (Lipinski definition) is 6. The Morgan fingerprint density at radius 1 is 1.55 bits per heavy atom. The summed E-state index contributed by atoms with van der Waals surface area (Å²) in [7, 11) is 0. The van der Waals surface area contributed by atoms with E-state index in [0.29, 0.717) is 25.1 Å². The largest absolute Gasteiger partial charge is 0.376 e. The van der Waals surface area contributed by atoms with Gasteiger partial charge in [-0.05, 0) is 38.4 Å². The predicted molar refractivity (Wildman–Crippen MR) is 76.0 cm³/mol. The third kappa shape index (κ3) is 4.14. The van der Waals surface area contributed by atoms with Gasteiger partial charge < -0.3 is 15.4 Å². The third-order valence-corrected chi connectivity index (χ3v) is 3.31. The van der Waals surface area contributed by atoms with Crippen molar-refractivity contribution in [1.82, 2.24) is 10.3 Å². The lowest BCUT2D eigenvalue weighted by Crippen LogP contribution is -2.33. The fraction of sp³-hybridized carbons (Fsp3) is 0.615. The van der Waals surface area contributed by atoms with Crippen molar-refractivity contribution in [1.29, 1.82) is 0 Å². The summed E-state index contributed by atoms with van der Waals surface area (Å²) in [5.41, 5.74) is 0.778. The quantitative estimate of drug-likeness (QED) is 0.466. The number of aryl methyl sites for hydroxylation is 1. The van der Waals surface area contributed by atoms with Crippen molar-refractivity contribution >= 4 is 11.5 Å². The molecule has 2 N–H and O–H groups in total. The Hall–Kier alpha value is -1.73. The molecular weight excluding hydrogens is 260 g/mol. The van der Waals surface area contributed by atoms with Gasteiger partial charge in [0.15, 0.2) is 0 Å². The second-order valence-corrected chi connectivity index (χ2v) is 4.86. The van der Waals surface area contributed by atoms with Gasteiger partial charge in [0, 0.05) is 12.6 Å². The van der Waals surface area contributed by atoms with E-state index in [0.717, 1.165) is 31.5 Å². The van der Waals surface area contributed by atoms with Crippen molar-refractivity contribution in [3.05, 3.63) is 27.9 Å². The highest BCUT2D eigenvalue weighted by Crippen LogP contribution is 2.17. The van der Waals surface area contributed by atoms with Crippen molar-refractivity contribution in [3.63, 3.8) is 0 Å². The molecule has 1 fully saturated rings. The molecule has 1 saturated heterocycles. The van der Waals surface area contributed by atoms with E-state index in [1.54, 1.807) is 6.92 Å². The number of hydrogen-bond donors (Lipinski definition) is 2. The molecule has 20 heavy (non-hydrogen) atoms. The number of piperidine rings is 1. The summed E-state index contributed by atoms with van der Waals surface area (Å²) in [6.45, 7) is 5.09. The van der Waals surface area contributed by atoms with Gasteiger partial charge in [-0.25, -0.2) is 4.98 Å². The van der Waals surface area contributed by atoms with E-state index >= 15 is 0 Å². The fourth-order valence-corrected chi connectivity index (χ4v) is 2.20. The summed E-state index contributed by atoms with van der Waals surface area (Å²) in [5, 5.41) is 17.1. The van der Waals surface area contributed by atoms with Gasteiger partial charge in [0.1, 0.15) is 12.0 Å². The monoisotopic (exact) mass is 280 g/mol. The van der Waals surface area contributed by atoms with Gasteiger partial charge in [-0.15, -0.1) is 0 Å². The Labute approximate surface area is 117 Å². The molecule has 0 aliphatic carbocycles. The molecule has 0 radical (unpaired) electrons. The average Bonchev–Trinajstić information content (AvgIpc) is 2.46. The van der Waals surface area contributed by atoms with Crippen molar-refractivity contribution in [2.75, 3.05) is 31.6 Å². The van der Waals surface area contributed by atoms with Crippen LogP contribution in [0.4, 0.5) is 11.5 Å². The van der Waals surface area contributed by atoms with Crippen molar-refractivity contribution < 1.29 is 9.66 Å². The molecule has 0 bridgehead atoms. The predicted octanol–water partition coefficient (Wildman–Crippen LogP) is 1.48. The van der Waals surface area contributed by atoms with Crippen molar-refractivity contribution in [3.8, 4) is 0 Å². The van der Waals surface area contributed by atoms with Crippen LogP contribution >= 0.6 is 0 Å². The standard InChI is InChI=1S/C13H20N4O3/c1-10-8-11(17(18)19)9-16-13(10)15-6-7-20-12-2-4-14-5-3-12/h8-9,12,14H,2-7H2,1H3,(H,15,16). The summed E-state index contributed by atoms with van der Waals surface area (Å²) in [6, 6.07) is 1.52. The Morgan fingerprint density at radius 3 is 2.95 bits per heavy atom. The number of pyridine rings is 1. The highest BCUT2D eigenvalue weighted by Gasteiger charge is 2.13. The second-order valence-electron chi connectivity index (χ2n) is 4.86. The van der Waals surface area contributed by atoms with Crippen molar-refractivity contribution in [2.45, 2.75) is 25.9 Å². The highest BCUT2D eigenvalue weighted by atomic mass is 16.6. The zero-order valence-corrected chi connectivity index (χ0v) is 11.6. The molecule has 1 aliphatic heterocycles. The number of nitrogens with one attached hydrogen (secondary N) is 2. The van der Waals surface area contributed by atoms with E-state index in [-0.39, 0.29) is 5.69 Å². The summed E-state index contributed by atoms with van der Waals surface area (Å²) >= 11 is 0. The molecule has 7 nitrogen and oxygen atoms in total. The normalized spacial score (nSPS) is 16.1. The molecule has 0 atom stereocenters. The number of anilines is 1. The summed E-state index contributed by atoms with van der Waals surface area (Å²) < 4.78 is 5.77. The molecule has 0 unspecified atom stereocenters. The summed E-state index contributed by atoms with van der Waals surface area (Å²) in [5.74, 6) is 0.671. The molecule has 0 aromatic carbocycles. The molecule has 1 aromatic rings. The van der Waals surface area contributed by atoms with Crippen LogP contribution < -0.4 is 10.6 Å². The Bertz CT molecular complexity index is 461. The lowest BCUT2D eigenvalue weighted by Gasteiger charge is -2.23. The highest BCUT2D eigenvalue weighted by molar-refractivity contribution is 5.48. The van der Waals surface area contributed by atoms with Crippen LogP contribution in [0.1, 0.15) is 18.4 Å². The zero-order chi connectivity index (χ0) is 14.4. The Morgan fingerprint density at radius 2 is 2.30 bits per heavy atom. The van der Waals surface area contributed by atoms with Crippen LogP contribution in [0, 0.1) is 17.0 Å². The second kappa shape index (κ2) is 7.16. The number of nitro groups is 1. The lowest BCUT2D eigenvalue weighted by atomic mass is 10.1. The van der Waals surface area contributed by atoms with Crippen LogP contribution in [-0.2, 0) is 4.74 Å². The molecule has 1 aromatic heterocycles. The molecule has 1 aliphatic rings. The molecule has 0 amide bonds. The maximum absolute atomic E-state index is 10.6. The molecule has 2 rings (SSSR count). The van der Waals surface area contributed by atoms with E-state index in [1.165, 1.54) is 12.3 Å². The molecule has 2 heterocycles. The minimum Gasteiger partial charge on any atom is -0.376 e. The fourth-order valence-electron chi connectivity index (χ4n) is 2.20. The van der Waals surface area contributed by atoms with Crippen LogP contribution in [0.25, 0.3) is 0 Å². The number of rotatable bonds is 6. The van der Waals surface area contributed by atoms with E-state index < -0.39 is 4.92 Å². The molecule has 110 valence electrons. The molecule has 0 spiro atoms. The van der Waals surface area contributed by atoms with Gasteiger partial charge in [0.2, 0.25) is 0 Å². The maximum Gasteiger partial charge on any atom is 0.287 e. The van der Waals surface area contributed by atoms with E-state index in [2.05, 4.69) is 15.6 Å². The average molecular weight is 280 g/mol. The van der Waals surface area contributed by atoms with Gasteiger partial charge in [0.25, 0.3) is 5.69 Å². The molecule has 7 heteroatoms. The smallest absolute Gasteiger partial charge is 0.287 e. The van der Waals surface area contributed by atoms with Crippen molar-refractivity contribution in [2.24, 2.45) is 0 Å². The number of nitrogens with zero attached hydrogens (tertiary/aromatic N) is 2. The van der Waals surface area contributed by atoms with E-state index in [9.17, 15) is 10.1 Å². The Balaban J connectivity index is 1.74. The van der Waals surface area contributed by atoms with Crippen LogP contribution in [0.3, 0.4) is 0 Å². The lowest BCUT2D eigenvalue weighted by molar-refractivity contribution is -0.385. The van der Waals surface area contributed by atoms with Gasteiger partial charge in [-0.2, -0.15) is 0 Å². The van der Waals surface area contributed by atoms with Crippen LogP contribution in [-0.4, -0.2) is 42.3 Å². The van der Waals surface area contributed by atoms with Crippen LogP contribution in [0.15, 0.2) is 12.3 Å². The topological polar surface area (TPSA) is 89.3 Å². The van der Waals surface area contributed by atoms with Crippen LogP contribution in [0.5, 0.6) is 0 Å². The maximum atomic E-state index is 10.6. The van der Waals surface area contributed by atoms with Gasteiger partial charge in [-0.1, -0.05) is 0 Å².